The predicted octanol–water partition coefficient (Wildman–Crippen LogP) is 3.31. The summed E-state index contributed by atoms with van der Waals surface area (Å²) in [5.74, 6) is -1.27. The monoisotopic (exact) mass is 289 g/mol. The molecule has 0 aliphatic heterocycles. The minimum atomic E-state index is -4.43. The van der Waals surface area contributed by atoms with Crippen LogP contribution in [0.5, 0.6) is 0 Å². The van der Waals surface area contributed by atoms with Crippen LogP contribution in [0.25, 0.3) is 0 Å². The number of alkyl halides is 3. The molecule has 112 valence electrons. The van der Waals surface area contributed by atoms with Crippen LogP contribution in [0.3, 0.4) is 0 Å². The van der Waals surface area contributed by atoms with Crippen LogP contribution in [0.2, 0.25) is 0 Å². The van der Waals surface area contributed by atoms with Crippen LogP contribution in [0.1, 0.15) is 29.7 Å². The molecule has 20 heavy (non-hydrogen) atoms. The maximum atomic E-state index is 12.6. The molecule has 6 heteroatoms. The van der Waals surface area contributed by atoms with Gasteiger partial charge in [0, 0.05) is 6.04 Å². The Balaban J connectivity index is 3.02. The lowest BCUT2D eigenvalue weighted by molar-refractivity contribution is -0.157. The van der Waals surface area contributed by atoms with E-state index in [0.29, 0.717) is 5.56 Å². The highest BCUT2D eigenvalue weighted by molar-refractivity contribution is 5.69. The van der Waals surface area contributed by atoms with E-state index in [-0.39, 0.29) is 0 Å². The molecule has 0 aliphatic carbocycles. The topological polar surface area (TPSA) is 40.5 Å². The van der Waals surface area contributed by atoms with Crippen LogP contribution >= 0.6 is 0 Å². The molecule has 1 aromatic rings. The van der Waals surface area contributed by atoms with Crippen LogP contribution in [0.4, 0.5) is 13.2 Å². The molecule has 0 aliphatic rings. The second-order valence-electron chi connectivity index (χ2n) is 4.95. The molecule has 0 radical (unpaired) electrons. The quantitative estimate of drug-likeness (QED) is 0.904. The molecule has 0 heterocycles. The number of benzene rings is 1. The van der Waals surface area contributed by atoms with Crippen LogP contribution in [-0.2, 0) is 4.79 Å². The number of aliphatic carboxylic acids is 1. The van der Waals surface area contributed by atoms with Crippen LogP contribution < -0.4 is 0 Å². The van der Waals surface area contributed by atoms with Crippen LogP contribution in [0.15, 0.2) is 18.2 Å². The Morgan fingerprint density at radius 2 is 1.95 bits per heavy atom. The Bertz CT molecular complexity index is 486. The highest BCUT2D eigenvalue weighted by Gasteiger charge is 2.34. The number of rotatable bonds is 5. The number of carboxylic acid groups (broad SMARTS) is 1. The van der Waals surface area contributed by atoms with Crippen molar-refractivity contribution in [2.75, 3.05) is 13.1 Å². The largest absolute Gasteiger partial charge is 0.480 e. The summed E-state index contributed by atoms with van der Waals surface area (Å²) in [5.41, 5.74) is 2.58. The molecule has 0 spiro atoms. The second-order valence-corrected chi connectivity index (χ2v) is 4.95. The van der Waals surface area contributed by atoms with Gasteiger partial charge in [-0.1, -0.05) is 23.8 Å². The molecule has 0 fully saturated rings. The van der Waals surface area contributed by atoms with Gasteiger partial charge in [-0.3, -0.25) is 9.69 Å². The first-order valence-electron chi connectivity index (χ1n) is 6.20. The third-order valence-corrected chi connectivity index (χ3v) is 3.14. The molecule has 1 rings (SSSR count). The zero-order valence-corrected chi connectivity index (χ0v) is 11.7. The van der Waals surface area contributed by atoms with Gasteiger partial charge in [0.25, 0.3) is 0 Å². The van der Waals surface area contributed by atoms with Crippen LogP contribution in [-0.4, -0.2) is 35.2 Å². The van der Waals surface area contributed by atoms with Crippen molar-refractivity contribution in [1.82, 2.24) is 4.90 Å². The van der Waals surface area contributed by atoms with Gasteiger partial charge in [0.15, 0.2) is 0 Å². The van der Waals surface area contributed by atoms with Crippen molar-refractivity contribution in [2.45, 2.75) is 33.0 Å². The van der Waals surface area contributed by atoms with Gasteiger partial charge < -0.3 is 5.11 Å². The van der Waals surface area contributed by atoms with Gasteiger partial charge in [-0.25, -0.2) is 0 Å². The first-order valence-corrected chi connectivity index (χ1v) is 6.20. The summed E-state index contributed by atoms with van der Waals surface area (Å²) in [5, 5.41) is 8.78. The van der Waals surface area contributed by atoms with Crippen molar-refractivity contribution in [3.05, 3.63) is 34.9 Å². The number of hydrogen-bond acceptors (Lipinski definition) is 2. The Morgan fingerprint density at radius 1 is 1.35 bits per heavy atom. The fourth-order valence-corrected chi connectivity index (χ4v) is 2.22. The predicted molar refractivity (Wildman–Crippen MR) is 69.6 cm³/mol. The van der Waals surface area contributed by atoms with Crippen LogP contribution in [0, 0.1) is 13.8 Å². The summed E-state index contributed by atoms with van der Waals surface area (Å²) in [7, 11) is 0. The average molecular weight is 289 g/mol. The van der Waals surface area contributed by atoms with Gasteiger partial charge in [-0.05, 0) is 31.9 Å². The van der Waals surface area contributed by atoms with Crippen molar-refractivity contribution in [1.29, 1.82) is 0 Å². The van der Waals surface area contributed by atoms with Crippen molar-refractivity contribution in [3.63, 3.8) is 0 Å². The Hall–Kier alpha value is -1.56. The molecule has 0 amide bonds. The standard InChI is InChI=1S/C14H18F3NO2/c1-9-4-5-12(10(2)6-9)11(3)18(7-13(19)20)8-14(15,16)17/h4-6,11H,7-8H2,1-3H3,(H,19,20). The highest BCUT2D eigenvalue weighted by Crippen LogP contribution is 2.27. The third-order valence-electron chi connectivity index (χ3n) is 3.14. The summed E-state index contributed by atoms with van der Waals surface area (Å²) < 4.78 is 37.7. The number of aryl methyl sites for hydroxylation is 2. The second kappa shape index (κ2) is 6.26. The van der Waals surface area contributed by atoms with Gasteiger partial charge >= 0.3 is 12.1 Å². The average Bonchev–Trinajstić information content (AvgIpc) is 2.24. The van der Waals surface area contributed by atoms with E-state index in [2.05, 4.69) is 0 Å². The molecule has 1 aromatic carbocycles. The molecule has 1 unspecified atom stereocenters. The third kappa shape index (κ3) is 4.85. The molecule has 1 N–H and O–H groups in total. The minimum absolute atomic E-state index is 0.617. The lowest BCUT2D eigenvalue weighted by Gasteiger charge is -2.29. The SMILES string of the molecule is Cc1ccc(C(C)N(CC(=O)O)CC(F)(F)F)c(C)c1. The highest BCUT2D eigenvalue weighted by atomic mass is 19.4. The fourth-order valence-electron chi connectivity index (χ4n) is 2.22. The lowest BCUT2D eigenvalue weighted by Crippen LogP contribution is -2.39. The summed E-state index contributed by atoms with van der Waals surface area (Å²) in [4.78, 5) is 11.7. The maximum absolute atomic E-state index is 12.6. The van der Waals surface area contributed by atoms with Crippen molar-refractivity contribution < 1.29 is 23.1 Å². The molecule has 0 saturated heterocycles. The molecule has 0 saturated carbocycles. The van der Waals surface area contributed by atoms with E-state index in [1.165, 1.54) is 0 Å². The zero-order valence-electron chi connectivity index (χ0n) is 11.7. The van der Waals surface area contributed by atoms with Crippen molar-refractivity contribution >= 4 is 5.97 Å². The molecular weight excluding hydrogens is 271 g/mol. The molecule has 3 nitrogen and oxygen atoms in total. The number of carbonyl (C=O) groups is 1. The van der Waals surface area contributed by atoms with Crippen molar-refractivity contribution in [2.24, 2.45) is 0 Å². The van der Waals surface area contributed by atoms with E-state index < -0.39 is 31.3 Å². The molecule has 0 bridgehead atoms. The summed E-state index contributed by atoms with van der Waals surface area (Å²) in [6, 6.07) is 4.82. The Morgan fingerprint density at radius 3 is 2.40 bits per heavy atom. The smallest absolute Gasteiger partial charge is 0.401 e. The van der Waals surface area contributed by atoms with Crippen molar-refractivity contribution in [3.8, 4) is 0 Å². The van der Waals surface area contributed by atoms with E-state index in [9.17, 15) is 18.0 Å². The van der Waals surface area contributed by atoms with Gasteiger partial charge in [-0.2, -0.15) is 13.2 Å². The van der Waals surface area contributed by atoms with E-state index in [4.69, 9.17) is 5.11 Å². The molecular formula is C14H18F3NO2. The Kier molecular flexibility index (Phi) is 5.16. The first-order chi connectivity index (χ1) is 9.10. The fraction of sp³-hybridized carbons (Fsp3) is 0.500. The number of hydrogen-bond donors (Lipinski definition) is 1. The van der Waals surface area contributed by atoms with E-state index in [1.54, 1.807) is 13.0 Å². The normalized spacial score (nSPS) is 13.6. The van der Waals surface area contributed by atoms with Gasteiger partial charge in [0.1, 0.15) is 0 Å². The minimum Gasteiger partial charge on any atom is -0.480 e. The number of nitrogens with zero attached hydrogens (tertiary/aromatic N) is 1. The van der Waals surface area contributed by atoms with E-state index in [0.717, 1.165) is 16.0 Å². The maximum Gasteiger partial charge on any atom is 0.401 e. The van der Waals surface area contributed by atoms with Gasteiger partial charge in [-0.15, -0.1) is 0 Å². The summed E-state index contributed by atoms with van der Waals surface area (Å²) >= 11 is 0. The van der Waals surface area contributed by atoms with Gasteiger partial charge in [0.05, 0.1) is 13.1 Å². The van der Waals surface area contributed by atoms with E-state index >= 15 is 0 Å². The van der Waals surface area contributed by atoms with E-state index in [1.807, 2.05) is 26.0 Å². The lowest BCUT2D eigenvalue weighted by atomic mass is 9.99. The molecule has 1 atom stereocenters. The van der Waals surface area contributed by atoms with Gasteiger partial charge in [0.2, 0.25) is 0 Å². The Labute approximate surface area is 116 Å². The zero-order chi connectivity index (χ0) is 15.5. The summed E-state index contributed by atoms with van der Waals surface area (Å²) in [6.07, 6.45) is -4.43. The summed E-state index contributed by atoms with van der Waals surface area (Å²) in [6.45, 7) is 3.41. The number of carboxylic acids is 1. The molecule has 0 aromatic heterocycles. The first kappa shape index (κ1) is 16.5. The number of halogens is 3.